The van der Waals surface area contributed by atoms with Crippen molar-refractivity contribution < 1.29 is 32.0 Å². The third-order valence-corrected chi connectivity index (χ3v) is 3.54. The third-order valence-electron chi connectivity index (χ3n) is 2.92. The molecule has 0 spiro atoms. The van der Waals surface area contributed by atoms with E-state index in [0.717, 1.165) is 11.2 Å². The zero-order chi connectivity index (χ0) is 15.3. The van der Waals surface area contributed by atoms with Gasteiger partial charge >= 0.3 is 12.1 Å². The minimum atomic E-state index is -3.63. The van der Waals surface area contributed by atoms with E-state index in [1.54, 1.807) is 6.92 Å². The van der Waals surface area contributed by atoms with Crippen LogP contribution in [0.15, 0.2) is 0 Å². The number of nitrogens with zero attached hydrogens (tertiary/aromatic N) is 1. The molecule has 1 aliphatic rings. The van der Waals surface area contributed by atoms with Crippen LogP contribution in [-0.2, 0) is 23.8 Å². The molecule has 0 aliphatic carbocycles. The molecule has 0 saturated carbocycles. The fraction of sp³-hybridized carbons (Fsp3) is 0.818. The van der Waals surface area contributed by atoms with Crippen molar-refractivity contribution in [1.29, 1.82) is 0 Å². The van der Waals surface area contributed by atoms with Gasteiger partial charge in [-0.3, -0.25) is 8.98 Å². The van der Waals surface area contributed by atoms with Crippen molar-refractivity contribution in [3.63, 3.8) is 0 Å². The molecule has 1 fully saturated rings. The molecule has 8 nitrogen and oxygen atoms in total. The summed E-state index contributed by atoms with van der Waals surface area (Å²) < 4.78 is 31.7. The number of likely N-dealkylation sites (tertiary alicyclic amines) is 1. The van der Waals surface area contributed by atoms with Crippen LogP contribution in [0, 0.1) is 0 Å². The van der Waals surface area contributed by atoms with E-state index in [4.69, 9.17) is 14.0 Å². The Hall–Kier alpha value is -1.35. The second-order valence-corrected chi connectivity index (χ2v) is 6.19. The van der Waals surface area contributed by atoms with E-state index >= 15 is 0 Å². The largest absolute Gasteiger partial charge is 0.466 e. The van der Waals surface area contributed by atoms with Crippen molar-refractivity contribution in [1.82, 2.24) is 4.90 Å². The van der Waals surface area contributed by atoms with Crippen LogP contribution in [0.5, 0.6) is 0 Å². The van der Waals surface area contributed by atoms with Gasteiger partial charge in [-0.15, -0.1) is 0 Å². The average molecular weight is 309 g/mol. The molecule has 1 saturated heterocycles. The topological polar surface area (TPSA) is 110 Å². The maximum atomic E-state index is 11.3. The van der Waals surface area contributed by atoms with Gasteiger partial charge in [0.1, 0.15) is 0 Å². The molecule has 1 heterocycles. The quantitative estimate of drug-likeness (QED) is 0.559. The van der Waals surface area contributed by atoms with Gasteiger partial charge in [-0.2, -0.15) is 8.42 Å². The minimum Gasteiger partial charge on any atom is -0.466 e. The zero-order valence-electron chi connectivity index (χ0n) is 11.4. The predicted octanol–water partition coefficient (Wildman–Crippen LogP) is 0.427. The summed E-state index contributed by atoms with van der Waals surface area (Å²) in [5, 5.41) is 9.07. The number of carbonyl (C=O) groups excluding carboxylic acids is 1. The lowest BCUT2D eigenvalue weighted by molar-refractivity contribution is -0.143. The summed E-state index contributed by atoms with van der Waals surface area (Å²) in [5.41, 5.74) is 0. The monoisotopic (exact) mass is 309 g/mol. The highest BCUT2D eigenvalue weighted by Gasteiger charge is 2.37. The number of rotatable bonds is 6. The van der Waals surface area contributed by atoms with Crippen LogP contribution in [-0.4, -0.2) is 62.0 Å². The highest BCUT2D eigenvalue weighted by molar-refractivity contribution is 7.86. The highest BCUT2D eigenvalue weighted by atomic mass is 32.2. The first kappa shape index (κ1) is 16.7. The van der Waals surface area contributed by atoms with Gasteiger partial charge < -0.3 is 14.7 Å². The molecule has 0 aromatic rings. The van der Waals surface area contributed by atoms with Crippen molar-refractivity contribution in [2.75, 3.05) is 19.4 Å². The first-order valence-electron chi connectivity index (χ1n) is 6.26. The number of amides is 1. The van der Waals surface area contributed by atoms with Gasteiger partial charge in [-0.1, -0.05) is 0 Å². The summed E-state index contributed by atoms with van der Waals surface area (Å²) in [5.74, 6) is -0.398. The molecule has 0 radical (unpaired) electrons. The van der Waals surface area contributed by atoms with Crippen molar-refractivity contribution in [2.24, 2.45) is 0 Å². The molecule has 0 bridgehead atoms. The maximum absolute atomic E-state index is 11.3. The van der Waals surface area contributed by atoms with Gasteiger partial charge in [-0.25, -0.2) is 4.79 Å². The van der Waals surface area contributed by atoms with E-state index in [-0.39, 0.29) is 32.4 Å². The number of hydrogen-bond donors (Lipinski definition) is 1. The maximum Gasteiger partial charge on any atom is 0.407 e. The summed E-state index contributed by atoms with van der Waals surface area (Å²) in [6, 6.07) is -0.441. The normalized spacial score (nSPS) is 22.8. The fourth-order valence-electron chi connectivity index (χ4n) is 2.22. The van der Waals surface area contributed by atoms with Crippen molar-refractivity contribution in [2.45, 2.75) is 38.3 Å². The molecule has 1 rings (SSSR count). The Kier molecular flexibility index (Phi) is 5.75. The first-order valence-corrected chi connectivity index (χ1v) is 8.08. The standard InChI is InChI=1S/C11H19NO7S/c1-3-18-10(13)5-4-8-6-9(19-20(2,16)17)7-12(8)11(14)15/h8-9H,3-7H2,1-2H3,(H,14,15)/t8-,9-/m1/s1. The molecule has 116 valence electrons. The van der Waals surface area contributed by atoms with E-state index in [0.29, 0.717) is 0 Å². The number of carboxylic acid groups (broad SMARTS) is 1. The Balaban J connectivity index is 2.59. The number of hydrogen-bond acceptors (Lipinski definition) is 6. The lowest BCUT2D eigenvalue weighted by Gasteiger charge is -2.20. The average Bonchev–Trinajstić information content (AvgIpc) is 2.67. The van der Waals surface area contributed by atoms with Gasteiger partial charge in [-0.05, 0) is 19.8 Å². The van der Waals surface area contributed by atoms with Crippen LogP contribution in [0.25, 0.3) is 0 Å². The number of esters is 1. The smallest absolute Gasteiger partial charge is 0.407 e. The molecule has 0 aromatic carbocycles. The molecule has 2 atom stereocenters. The van der Waals surface area contributed by atoms with E-state index in [2.05, 4.69) is 0 Å². The van der Waals surface area contributed by atoms with Crippen molar-refractivity contribution in [3.05, 3.63) is 0 Å². The van der Waals surface area contributed by atoms with Crippen molar-refractivity contribution in [3.8, 4) is 0 Å². The van der Waals surface area contributed by atoms with Crippen LogP contribution in [0.3, 0.4) is 0 Å². The van der Waals surface area contributed by atoms with Gasteiger partial charge in [0, 0.05) is 12.5 Å². The second kappa shape index (κ2) is 6.89. The Bertz CT molecular complexity index is 461. The van der Waals surface area contributed by atoms with E-state index in [1.807, 2.05) is 0 Å². The van der Waals surface area contributed by atoms with Crippen LogP contribution in [0.4, 0.5) is 4.79 Å². The summed E-state index contributed by atoms with van der Waals surface area (Å²) in [7, 11) is -3.63. The zero-order valence-corrected chi connectivity index (χ0v) is 12.3. The molecular weight excluding hydrogens is 290 g/mol. The first-order chi connectivity index (χ1) is 9.23. The molecular formula is C11H19NO7S. The van der Waals surface area contributed by atoms with Crippen LogP contribution < -0.4 is 0 Å². The van der Waals surface area contributed by atoms with Gasteiger partial charge in [0.25, 0.3) is 10.1 Å². The predicted molar refractivity (Wildman–Crippen MR) is 68.7 cm³/mol. The molecule has 1 N–H and O–H groups in total. The summed E-state index contributed by atoms with van der Waals surface area (Å²) in [6.07, 6.45) is -0.308. The van der Waals surface area contributed by atoms with Crippen molar-refractivity contribution >= 4 is 22.2 Å². The molecule has 20 heavy (non-hydrogen) atoms. The molecule has 9 heteroatoms. The highest BCUT2D eigenvalue weighted by Crippen LogP contribution is 2.25. The molecule has 0 aromatic heterocycles. The van der Waals surface area contributed by atoms with Crippen LogP contribution in [0.2, 0.25) is 0 Å². The second-order valence-electron chi connectivity index (χ2n) is 4.59. The third kappa shape index (κ3) is 5.33. The lowest BCUT2D eigenvalue weighted by atomic mass is 10.1. The Labute approximate surface area is 117 Å². The van der Waals surface area contributed by atoms with Crippen LogP contribution >= 0.6 is 0 Å². The van der Waals surface area contributed by atoms with E-state index < -0.39 is 34.3 Å². The van der Waals surface area contributed by atoms with E-state index in [9.17, 15) is 18.0 Å². The number of ether oxygens (including phenoxy) is 1. The number of carbonyl (C=O) groups is 2. The summed E-state index contributed by atoms with van der Waals surface area (Å²) in [6.45, 7) is 1.94. The van der Waals surface area contributed by atoms with Crippen LogP contribution in [0.1, 0.15) is 26.2 Å². The summed E-state index contributed by atoms with van der Waals surface area (Å²) in [4.78, 5) is 23.5. The Morgan fingerprint density at radius 2 is 2.05 bits per heavy atom. The van der Waals surface area contributed by atoms with Gasteiger partial charge in [0.15, 0.2) is 0 Å². The minimum absolute atomic E-state index is 0.0180. The van der Waals surface area contributed by atoms with E-state index in [1.165, 1.54) is 0 Å². The molecule has 0 unspecified atom stereocenters. The molecule has 1 aliphatic heterocycles. The molecule has 1 amide bonds. The van der Waals surface area contributed by atoms with Gasteiger partial charge in [0.05, 0.1) is 25.5 Å². The SMILES string of the molecule is CCOC(=O)CC[C@@H]1C[C@@H](OS(C)(=O)=O)CN1C(=O)O. The summed E-state index contributed by atoms with van der Waals surface area (Å²) >= 11 is 0. The Morgan fingerprint density at radius 3 is 2.55 bits per heavy atom. The lowest BCUT2D eigenvalue weighted by Crippen LogP contribution is -2.35. The Morgan fingerprint density at radius 1 is 1.40 bits per heavy atom. The fourth-order valence-corrected chi connectivity index (χ4v) is 2.85. The van der Waals surface area contributed by atoms with Gasteiger partial charge in [0.2, 0.25) is 0 Å².